The predicted molar refractivity (Wildman–Crippen MR) is 170 cm³/mol. The minimum atomic E-state index is -4.03. The number of amides is 1. The minimum absolute atomic E-state index is 0.0185. The topological polar surface area (TPSA) is 224 Å². The van der Waals surface area contributed by atoms with Gasteiger partial charge >= 0.3 is 11.9 Å². The fourth-order valence-electron chi connectivity index (χ4n) is 4.49. The molecule has 4 rings (SSSR count). The van der Waals surface area contributed by atoms with Gasteiger partial charge in [0.25, 0.3) is 21.6 Å². The fraction of sp³-hybridized carbons (Fsp3) is 0.323. The number of anilines is 1. The third kappa shape index (κ3) is 10.0. The van der Waals surface area contributed by atoms with Gasteiger partial charge in [-0.15, -0.1) is 0 Å². The second-order valence-corrected chi connectivity index (χ2v) is 11.4. The molecule has 1 amide bonds. The lowest BCUT2D eigenvalue weighted by Gasteiger charge is -2.17. The average molecular weight is 656 g/mol. The lowest BCUT2D eigenvalue weighted by molar-refractivity contribution is -0.146. The van der Waals surface area contributed by atoms with Crippen LogP contribution in [-0.4, -0.2) is 65.0 Å². The molecule has 6 N–H and O–H groups in total. The van der Waals surface area contributed by atoms with Gasteiger partial charge in [0.1, 0.15) is 11.7 Å². The summed E-state index contributed by atoms with van der Waals surface area (Å²) in [5.74, 6) is -1.45. The number of aromatic nitrogens is 3. The summed E-state index contributed by atoms with van der Waals surface area (Å²) in [6, 6.07) is 12.2. The van der Waals surface area contributed by atoms with E-state index in [1.807, 2.05) is 12.1 Å². The number of H-pyrrole nitrogens is 2. The molecule has 1 unspecified atom stereocenters. The molecule has 2 aromatic heterocycles. The summed E-state index contributed by atoms with van der Waals surface area (Å²) >= 11 is 0. The minimum Gasteiger partial charge on any atom is -0.466 e. The van der Waals surface area contributed by atoms with Gasteiger partial charge in [0.2, 0.25) is 5.95 Å². The molecule has 2 heterocycles. The highest BCUT2D eigenvalue weighted by Crippen LogP contribution is 2.16. The second-order valence-electron chi connectivity index (χ2n) is 10.0. The molecule has 0 spiro atoms. The van der Waals surface area contributed by atoms with Crippen molar-refractivity contribution in [3.05, 3.63) is 87.3 Å². The van der Waals surface area contributed by atoms with Gasteiger partial charge in [-0.2, -0.15) is 13.4 Å². The van der Waals surface area contributed by atoms with Crippen LogP contribution in [0.15, 0.2) is 64.4 Å². The second kappa shape index (κ2) is 16.3. The highest BCUT2D eigenvalue weighted by Gasteiger charge is 2.24. The highest BCUT2D eigenvalue weighted by atomic mass is 32.2. The van der Waals surface area contributed by atoms with E-state index in [0.29, 0.717) is 35.0 Å². The molecule has 0 radical (unpaired) electrons. The lowest BCUT2D eigenvalue weighted by atomic mass is 10.0. The molecule has 0 aliphatic heterocycles. The summed E-state index contributed by atoms with van der Waals surface area (Å²) in [6.45, 7) is 5.39. The van der Waals surface area contributed by atoms with Crippen molar-refractivity contribution in [2.24, 2.45) is 0 Å². The number of fused-ring (bicyclic) bond motifs is 1. The normalized spacial score (nSPS) is 11.7. The number of nitrogens with two attached hydrogens (primary N) is 1. The molecule has 246 valence electrons. The SMILES string of the molecule is CCOC(=O)CCC(NC(=O)c1ccc(CCc2c[nH]c3nc(N)[nH]c(=O)c23)cc1)C(=O)OCC.Cc1ccccc1S(=O)(=O)O. The van der Waals surface area contributed by atoms with Crippen molar-refractivity contribution in [2.75, 3.05) is 18.9 Å². The number of rotatable bonds is 12. The van der Waals surface area contributed by atoms with Crippen molar-refractivity contribution in [1.82, 2.24) is 20.3 Å². The zero-order chi connectivity index (χ0) is 33.9. The Hall–Kier alpha value is -5.02. The number of nitrogen functional groups attached to an aromatic ring is 1. The number of nitrogens with one attached hydrogen (secondary N) is 3. The molecule has 15 heteroatoms. The zero-order valence-electron chi connectivity index (χ0n) is 25.7. The lowest BCUT2D eigenvalue weighted by Crippen LogP contribution is -2.42. The van der Waals surface area contributed by atoms with Crippen LogP contribution in [0, 0.1) is 6.92 Å². The third-order valence-electron chi connectivity index (χ3n) is 6.73. The van der Waals surface area contributed by atoms with Gasteiger partial charge in [0.05, 0.1) is 23.5 Å². The number of benzene rings is 2. The maximum Gasteiger partial charge on any atom is 0.328 e. The molecule has 14 nitrogen and oxygen atoms in total. The first-order chi connectivity index (χ1) is 21.8. The Balaban J connectivity index is 0.000000441. The van der Waals surface area contributed by atoms with Gasteiger partial charge in [0.15, 0.2) is 0 Å². The first kappa shape index (κ1) is 35.5. The van der Waals surface area contributed by atoms with Crippen LogP contribution < -0.4 is 16.6 Å². The molecule has 0 aliphatic rings. The van der Waals surface area contributed by atoms with Crippen LogP contribution in [0.5, 0.6) is 0 Å². The maximum atomic E-state index is 12.7. The van der Waals surface area contributed by atoms with E-state index in [-0.39, 0.29) is 42.5 Å². The number of carbonyl (C=O) groups excluding carboxylic acids is 3. The molecule has 0 bridgehead atoms. The zero-order valence-corrected chi connectivity index (χ0v) is 26.5. The first-order valence-corrected chi connectivity index (χ1v) is 15.9. The molecule has 1 atom stereocenters. The van der Waals surface area contributed by atoms with Crippen LogP contribution >= 0.6 is 0 Å². The van der Waals surface area contributed by atoms with E-state index in [4.69, 9.17) is 19.8 Å². The largest absolute Gasteiger partial charge is 0.466 e. The van der Waals surface area contributed by atoms with E-state index >= 15 is 0 Å². The van der Waals surface area contributed by atoms with Crippen molar-refractivity contribution >= 4 is 44.9 Å². The van der Waals surface area contributed by atoms with Gasteiger partial charge in [-0.1, -0.05) is 30.3 Å². The maximum absolute atomic E-state index is 12.7. The Kier molecular flexibility index (Phi) is 12.6. The van der Waals surface area contributed by atoms with Crippen molar-refractivity contribution in [3.63, 3.8) is 0 Å². The number of esters is 2. The number of hydrogen-bond donors (Lipinski definition) is 5. The van der Waals surface area contributed by atoms with Gasteiger partial charge in [-0.05, 0) is 74.9 Å². The molecular weight excluding hydrogens is 618 g/mol. The Morgan fingerprint density at radius 2 is 1.70 bits per heavy atom. The van der Waals surface area contributed by atoms with Crippen molar-refractivity contribution < 1.29 is 36.8 Å². The van der Waals surface area contributed by atoms with Crippen LogP contribution in [-0.2, 0) is 42.0 Å². The van der Waals surface area contributed by atoms with Crippen molar-refractivity contribution in [1.29, 1.82) is 0 Å². The van der Waals surface area contributed by atoms with E-state index in [2.05, 4.69) is 20.3 Å². The molecule has 46 heavy (non-hydrogen) atoms. The molecule has 0 saturated heterocycles. The fourth-order valence-corrected chi connectivity index (χ4v) is 5.22. The summed E-state index contributed by atoms with van der Waals surface area (Å²) in [6.07, 6.45) is 3.00. The number of nitrogens with zero attached hydrogens (tertiary/aromatic N) is 1. The molecule has 2 aromatic carbocycles. The smallest absolute Gasteiger partial charge is 0.328 e. The number of ether oxygens (including phenoxy) is 2. The van der Waals surface area contributed by atoms with E-state index in [1.165, 1.54) is 6.07 Å². The Morgan fingerprint density at radius 1 is 1.02 bits per heavy atom. The molecular formula is C31H37N5O9S. The van der Waals surface area contributed by atoms with Crippen LogP contribution in [0.2, 0.25) is 0 Å². The van der Waals surface area contributed by atoms with Crippen LogP contribution in [0.3, 0.4) is 0 Å². The van der Waals surface area contributed by atoms with Crippen molar-refractivity contribution in [2.45, 2.75) is 57.4 Å². The summed E-state index contributed by atoms with van der Waals surface area (Å²) < 4.78 is 39.8. The van der Waals surface area contributed by atoms with Crippen LogP contribution in [0.1, 0.15) is 53.7 Å². The van der Waals surface area contributed by atoms with Crippen LogP contribution in [0.4, 0.5) is 5.95 Å². The number of carbonyl (C=O) groups is 3. The molecule has 0 saturated carbocycles. The number of aromatic amines is 2. The van der Waals surface area contributed by atoms with Crippen molar-refractivity contribution in [3.8, 4) is 0 Å². The summed E-state index contributed by atoms with van der Waals surface area (Å²) in [7, 11) is -4.03. The first-order valence-electron chi connectivity index (χ1n) is 14.4. The summed E-state index contributed by atoms with van der Waals surface area (Å²) in [5.41, 5.74) is 8.40. The third-order valence-corrected chi connectivity index (χ3v) is 7.75. The van der Waals surface area contributed by atoms with E-state index in [9.17, 15) is 27.6 Å². The monoisotopic (exact) mass is 655 g/mol. The Bertz CT molecular complexity index is 1830. The van der Waals surface area contributed by atoms with Gasteiger partial charge < -0.3 is 25.5 Å². The van der Waals surface area contributed by atoms with Gasteiger partial charge in [-0.25, -0.2) is 4.79 Å². The quantitative estimate of drug-likeness (QED) is 0.110. The van der Waals surface area contributed by atoms with E-state index in [0.717, 1.165) is 11.1 Å². The summed E-state index contributed by atoms with van der Waals surface area (Å²) in [5, 5.41) is 3.11. The molecule has 0 fully saturated rings. The molecule has 4 aromatic rings. The van der Waals surface area contributed by atoms with Gasteiger partial charge in [-0.3, -0.25) is 23.9 Å². The number of aryl methyl sites for hydroxylation is 3. The van der Waals surface area contributed by atoms with E-state index < -0.39 is 34.0 Å². The Labute approximate surface area is 265 Å². The Morgan fingerprint density at radius 3 is 2.30 bits per heavy atom. The predicted octanol–water partition coefficient (Wildman–Crippen LogP) is 2.87. The summed E-state index contributed by atoms with van der Waals surface area (Å²) in [4.78, 5) is 58.3. The standard InChI is InChI=1S/C24H29N5O6.C7H8O3S/c1-3-34-18(30)12-11-17(23(33)35-4-2)27-21(31)15-8-5-14(6-9-15)7-10-16-13-26-20-19(16)22(32)29-24(25)28-20;1-6-4-2-3-5-7(6)11(8,9)10/h5-6,8-9,13,17H,3-4,7,10-12H2,1-2H3,(H,27,31)(H4,25,26,28,29,32);2-5H,1H3,(H,8,9,10). The van der Waals surface area contributed by atoms with Crippen LogP contribution in [0.25, 0.3) is 11.0 Å². The highest BCUT2D eigenvalue weighted by molar-refractivity contribution is 7.85. The van der Waals surface area contributed by atoms with E-state index in [1.54, 1.807) is 57.3 Å². The van der Waals surface area contributed by atoms with Gasteiger partial charge in [0, 0.05) is 18.2 Å². The molecule has 0 aliphatic carbocycles. The average Bonchev–Trinajstić information content (AvgIpc) is 3.41. The number of hydrogen-bond acceptors (Lipinski definition) is 10.